The summed E-state index contributed by atoms with van der Waals surface area (Å²) in [7, 11) is 3.00. The van der Waals surface area contributed by atoms with Crippen molar-refractivity contribution >= 4 is 41.1 Å². The second kappa shape index (κ2) is 16.9. The van der Waals surface area contributed by atoms with Crippen molar-refractivity contribution in [2.24, 2.45) is 5.92 Å². The summed E-state index contributed by atoms with van der Waals surface area (Å²) in [5.74, 6) is -1.96. The number of carbonyl (C=O) groups is 4. The number of amides is 2. The Morgan fingerprint density at radius 1 is 0.909 bits per heavy atom. The number of nitrogens with zero attached hydrogens (tertiary/aromatic N) is 3. The molecule has 0 radical (unpaired) electrons. The molecule has 0 spiro atoms. The van der Waals surface area contributed by atoms with Gasteiger partial charge in [-0.15, -0.1) is 0 Å². The Hall–Kier alpha value is -5.42. The van der Waals surface area contributed by atoms with Crippen LogP contribution in [0.5, 0.6) is 0 Å². The van der Waals surface area contributed by atoms with Crippen molar-refractivity contribution in [1.82, 2.24) is 10.6 Å². The lowest BCUT2D eigenvalue weighted by molar-refractivity contribution is -0.146. The maximum atomic E-state index is 12.6. The van der Waals surface area contributed by atoms with Gasteiger partial charge in [0, 0.05) is 23.9 Å². The van der Waals surface area contributed by atoms with Crippen LogP contribution in [0.3, 0.4) is 0 Å². The van der Waals surface area contributed by atoms with Gasteiger partial charge in [0.2, 0.25) is 5.91 Å². The molecule has 2 atom stereocenters. The molecular weight excluding hydrogens is 562 g/mol. The first kappa shape index (κ1) is 34.8. The van der Waals surface area contributed by atoms with Gasteiger partial charge in [-0.05, 0) is 55.2 Å². The van der Waals surface area contributed by atoms with Crippen LogP contribution in [-0.2, 0) is 23.9 Å². The topological polar surface area (TPSA) is 162 Å². The number of likely N-dealkylation sites (N-methyl/N-ethyl adjacent to an activating group) is 1. The van der Waals surface area contributed by atoms with Crippen molar-refractivity contribution in [3.05, 3.63) is 76.9 Å². The highest BCUT2D eigenvalue weighted by molar-refractivity contribution is 5.97. The first-order valence-electron chi connectivity index (χ1n) is 13.9. The second-order valence-electron chi connectivity index (χ2n) is 10.1. The average molecular weight is 600 g/mol. The lowest BCUT2D eigenvalue weighted by Gasteiger charge is -2.23. The zero-order chi connectivity index (χ0) is 32.8. The number of methoxy groups -OCH3 is 1. The van der Waals surface area contributed by atoms with Crippen molar-refractivity contribution in [1.29, 1.82) is 10.5 Å². The smallest absolute Gasteiger partial charge is 0.328 e. The standard InChI is InChI=1S/C33H37N5O6/c1-7-44-32(41)22(4)36-31(40)25-11-8-23(9-12-25)10-17-28(26(18-34)19-35)24-13-15-27(16-14-24)38(5)20-29(39)37-30(21(2)3)33(42)43-6/h8-17,21-22,30H,7,20H2,1-6H3,(H,36,40)(H,37,39)/b17-10+/t22-,30-/m0/s1. The minimum absolute atomic E-state index is 0.0143. The van der Waals surface area contributed by atoms with Crippen molar-refractivity contribution in [3.8, 4) is 12.1 Å². The minimum Gasteiger partial charge on any atom is -0.467 e. The number of hydrogen-bond acceptors (Lipinski definition) is 9. The molecule has 0 saturated heterocycles. The molecule has 0 aliphatic heterocycles. The van der Waals surface area contributed by atoms with E-state index in [1.54, 1.807) is 86.5 Å². The fourth-order valence-electron chi connectivity index (χ4n) is 4.05. The van der Waals surface area contributed by atoms with E-state index in [9.17, 15) is 29.7 Å². The average Bonchev–Trinajstić information content (AvgIpc) is 3.01. The van der Waals surface area contributed by atoms with Crippen LogP contribution < -0.4 is 15.5 Å². The summed E-state index contributed by atoms with van der Waals surface area (Å²) in [6, 6.07) is 15.9. The zero-order valence-electron chi connectivity index (χ0n) is 25.7. The summed E-state index contributed by atoms with van der Waals surface area (Å²) in [5, 5.41) is 24.5. The molecule has 2 N–H and O–H groups in total. The van der Waals surface area contributed by atoms with E-state index in [0.29, 0.717) is 28.0 Å². The molecule has 0 heterocycles. The Bertz CT molecular complexity index is 1460. The number of carbonyl (C=O) groups excluding carboxylic acids is 4. The van der Waals surface area contributed by atoms with Gasteiger partial charge in [-0.3, -0.25) is 9.59 Å². The van der Waals surface area contributed by atoms with E-state index in [0.717, 1.165) is 0 Å². The summed E-state index contributed by atoms with van der Waals surface area (Å²) in [5.41, 5.74) is 2.67. The maximum absolute atomic E-state index is 12.6. The van der Waals surface area contributed by atoms with Crippen molar-refractivity contribution < 1.29 is 28.7 Å². The first-order valence-corrected chi connectivity index (χ1v) is 13.9. The highest BCUT2D eigenvalue weighted by atomic mass is 16.5. The van der Waals surface area contributed by atoms with Gasteiger partial charge in [0.15, 0.2) is 0 Å². The van der Waals surface area contributed by atoms with Crippen LogP contribution in [0.25, 0.3) is 11.6 Å². The number of anilines is 1. The number of rotatable bonds is 13. The molecule has 0 aliphatic carbocycles. The minimum atomic E-state index is -0.794. The van der Waals surface area contributed by atoms with E-state index in [1.165, 1.54) is 7.11 Å². The van der Waals surface area contributed by atoms with Gasteiger partial charge in [-0.25, -0.2) is 9.59 Å². The first-order chi connectivity index (χ1) is 20.9. The summed E-state index contributed by atoms with van der Waals surface area (Å²) < 4.78 is 9.68. The summed E-state index contributed by atoms with van der Waals surface area (Å²) >= 11 is 0. The van der Waals surface area contributed by atoms with E-state index >= 15 is 0 Å². The molecule has 0 aromatic heterocycles. The third-order valence-electron chi connectivity index (χ3n) is 6.53. The van der Waals surface area contributed by atoms with Crippen molar-refractivity contribution in [2.45, 2.75) is 39.8 Å². The van der Waals surface area contributed by atoms with Gasteiger partial charge in [0.1, 0.15) is 29.8 Å². The molecule has 0 unspecified atom stereocenters. The molecule has 2 aromatic rings. The highest BCUT2D eigenvalue weighted by Crippen LogP contribution is 2.24. The quantitative estimate of drug-likeness (QED) is 0.199. The molecule has 11 heteroatoms. The normalized spacial score (nSPS) is 11.8. The number of nitrogens with one attached hydrogen (secondary N) is 2. The molecule has 0 fully saturated rings. The number of esters is 2. The lowest BCUT2D eigenvalue weighted by Crippen LogP contribution is -2.48. The maximum Gasteiger partial charge on any atom is 0.328 e. The molecule has 11 nitrogen and oxygen atoms in total. The molecular formula is C33H37N5O6. The Labute approximate surface area is 257 Å². The van der Waals surface area contributed by atoms with Gasteiger partial charge < -0.3 is 25.0 Å². The molecule has 0 saturated carbocycles. The monoisotopic (exact) mass is 599 g/mol. The molecule has 2 aromatic carbocycles. The van der Waals surface area contributed by atoms with Crippen molar-refractivity contribution in [3.63, 3.8) is 0 Å². The SMILES string of the molecule is CCOC(=O)[C@H](C)NC(=O)c1ccc(/C=C/C(=C(C#N)C#N)c2ccc(N(C)CC(=O)N[C@H](C(=O)OC)C(C)C)cc2)cc1. The third-order valence-corrected chi connectivity index (χ3v) is 6.53. The van der Waals surface area contributed by atoms with Crippen LogP contribution in [0.4, 0.5) is 5.69 Å². The molecule has 0 bridgehead atoms. The summed E-state index contributed by atoms with van der Waals surface area (Å²) in [6.45, 7) is 7.05. The van der Waals surface area contributed by atoms with Crippen LogP contribution in [0.15, 0.2) is 60.2 Å². The Kier molecular flexibility index (Phi) is 13.3. The predicted octanol–water partition coefficient (Wildman–Crippen LogP) is 3.63. The van der Waals surface area contributed by atoms with E-state index in [2.05, 4.69) is 10.6 Å². The number of benzene rings is 2. The summed E-state index contributed by atoms with van der Waals surface area (Å²) in [4.78, 5) is 50.5. The fraction of sp³-hybridized carbons (Fsp3) is 0.333. The van der Waals surface area contributed by atoms with E-state index in [4.69, 9.17) is 9.47 Å². The summed E-state index contributed by atoms with van der Waals surface area (Å²) in [6.07, 6.45) is 3.36. The van der Waals surface area contributed by atoms with E-state index in [-0.39, 0.29) is 30.5 Å². The van der Waals surface area contributed by atoms with Crippen LogP contribution in [0.1, 0.15) is 49.2 Å². The largest absolute Gasteiger partial charge is 0.467 e. The third kappa shape index (κ3) is 9.85. The number of hydrogen-bond donors (Lipinski definition) is 2. The molecule has 230 valence electrons. The number of ether oxygens (including phenoxy) is 2. The molecule has 2 rings (SSSR count). The van der Waals surface area contributed by atoms with Crippen molar-refractivity contribution in [2.75, 3.05) is 32.2 Å². The Balaban J connectivity index is 2.18. The van der Waals surface area contributed by atoms with E-state index in [1.807, 2.05) is 26.0 Å². The van der Waals surface area contributed by atoms with Gasteiger partial charge in [0.05, 0.1) is 20.3 Å². The van der Waals surface area contributed by atoms with Gasteiger partial charge in [0.25, 0.3) is 5.91 Å². The van der Waals surface area contributed by atoms with E-state index < -0.39 is 29.9 Å². The molecule has 2 amide bonds. The van der Waals surface area contributed by atoms with Gasteiger partial charge in [-0.1, -0.05) is 50.3 Å². The Morgan fingerprint density at radius 2 is 1.50 bits per heavy atom. The number of allylic oxidation sites excluding steroid dienone is 3. The molecule has 0 aliphatic rings. The van der Waals surface area contributed by atoms with Crippen LogP contribution in [0, 0.1) is 28.6 Å². The zero-order valence-corrected chi connectivity index (χ0v) is 25.7. The number of nitriles is 2. The van der Waals surface area contributed by atoms with Gasteiger partial charge >= 0.3 is 11.9 Å². The lowest BCUT2D eigenvalue weighted by atomic mass is 9.99. The fourth-order valence-corrected chi connectivity index (χ4v) is 4.05. The Morgan fingerprint density at radius 3 is 2.02 bits per heavy atom. The molecule has 44 heavy (non-hydrogen) atoms. The second-order valence-corrected chi connectivity index (χ2v) is 10.1. The highest BCUT2D eigenvalue weighted by Gasteiger charge is 2.25. The van der Waals surface area contributed by atoms with Crippen LogP contribution >= 0.6 is 0 Å². The van der Waals surface area contributed by atoms with Gasteiger partial charge in [-0.2, -0.15) is 10.5 Å². The van der Waals surface area contributed by atoms with Crippen LogP contribution in [-0.4, -0.2) is 63.1 Å². The van der Waals surface area contributed by atoms with Crippen LogP contribution in [0.2, 0.25) is 0 Å². The predicted molar refractivity (Wildman–Crippen MR) is 166 cm³/mol.